The van der Waals surface area contributed by atoms with E-state index in [-0.39, 0.29) is 32.7 Å². The van der Waals surface area contributed by atoms with Crippen LogP contribution in [0.1, 0.15) is 0 Å². The minimum absolute atomic E-state index is 0.0788. The van der Waals surface area contributed by atoms with Crippen molar-refractivity contribution in [2.24, 2.45) is 0 Å². The molecule has 4 aromatic rings. The summed E-state index contributed by atoms with van der Waals surface area (Å²) in [5.41, 5.74) is 1.02. The number of nitrogens with zero attached hydrogens (tertiary/aromatic N) is 3. The molecule has 26 heavy (non-hydrogen) atoms. The minimum atomic E-state index is -0.538. The normalized spacial score (nSPS) is 10.5. The van der Waals surface area contributed by atoms with E-state index >= 15 is 0 Å². The molecule has 1 N–H and O–H groups in total. The molecule has 2 aromatic carbocycles. The summed E-state index contributed by atoms with van der Waals surface area (Å²) < 4.78 is 9.85. The number of aromatic nitrogens is 2. The summed E-state index contributed by atoms with van der Waals surface area (Å²) in [6.45, 7) is 0. The Morgan fingerprint density at radius 2 is 1.62 bits per heavy atom. The quantitative estimate of drug-likeness (QED) is 0.290. The van der Waals surface area contributed by atoms with Crippen molar-refractivity contribution >= 4 is 57.4 Å². The molecule has 0 unspecified atom stereocenters. The molecule has 0 radical (unpaired) electrons. The SMILES string of the molecule is O=[N+]([O-])c1cccc2[nH]c(=S)oc12.O=[N+]([O-])c1cccc2nc(Cl)oc12. The van der Waals surface area contributed by atoms with Crippen molar-refractivity contribution in [3.8, 4) is 0 Å². The van der Waals surface area contributed by atoms with Crippen LogP contribution in [0.5, 0.6) is 0 Å². The van der Waals surface area contributed by atoms with Crippen molar-refractivity contribution < 1.29 is 18.7 Å². The monoisotopic (exact) mass is 394 g/mol. The average Bonchev–Trinajstić information content (AvgIpc) is 3.14. The van der Waals surface area contributed by atoms with E-state index in [1.807, 2.05) is 0 Å². The summed E-state index contributed by atoms with van der Waals surface area (Å²) >= 11 is 10.2. The lowest BCUT2D eigenvalue weighted by atomic mass is 10.3. The van der Waals surface area contributed by atoms with E-state index in [0.717, 1.165) is 0 Å². The number of non-ortho nitro benzene ring substituents is 2. The molecule has 12 heteroatoms. The van der Waals surface area contributed by atoms with Crippen LogP contribution in [0.3, 0.4) is 0 Å². The molecule has 0 amide bonds. The molecule has 0 atom stereocenters. The van der Waals surface area contributed by atoms with Crippen LogP contribution in [0, 0.1) is 25.1 Å². The Labute approximate surface area is 153 Å². The van der Waals surface area contributed by atoms with Gasteiger partial charge in [0, 0.05) is 12.1 Å². The third-order valence-electron chi connectivity index (χ3n) is 3.19. The van der Waals surface area contributed by atoms with E-state index in [0.29, 0.717) is 11.0 Å². The van der Waals surface area contributed by atoms with E-state index in [4.69, 9.17) is 32.7 Å². The highest BCUT2D eigenvalue weighted by molar-refractivity contribution is 7.71. The van der Waals surface area contributed by atoms with Crippen molar-refractivity contribution in [2.75, 3.05) is 0 Å². The Kier molecular flexibility index (Phi) is 4.65. The van der Waals surface area contributed by atoms with E-state index < -0.39 is 9.85 Å². The smallest absolute Gasteiger partial charge is 0.313 e. The van der Waals surface area contributed by atoms with Gasteiger partial charge in [0.2, 0.25) is 11.2 Å². The van der Waals surface area contributed by atoms with Gasteiger partial charge in [-0.05, 0) is 36.0 Å². The molecule has 0 spiro atoms. The van der Waals surface area contributed by atoms with Crippen LogP contribution < -0.4 is 0 Å². The van der Waals surface area contributed by atoms with Crippen LogP contribution in [-0.4, -0.2) is 19.8 Å². The number of hydrogen-bond donors (Lipinski definition) is 1. The van der Waals surface area contributed by atoms with Gasteiger partial charge >= 0.3 is 11.4 Å². The van der Waals surface area contributed by atoms with Gasteiger partial charge in [-0.1, -0.05) is 12.1 Å². The summed E-state index contributed by atoms with van der Waals surface area (Å²) in [4.78, 5) is 26.6. The first-order valence-electron chi connectivity index (χ1n) is 6.82. The van der Waals surface area contributed by atoms with Crippen LogP contribution in [-0.2, 0) is 0 Å². The third kappa shape index (κ3) is 3.38. The largest absolute Gasteiger partial charge is 0.422 e. The van der Waals surface area contributed by atoms with Crippen LogP contribution in [0.2, 0.25) is 5.35 Å². The topological polar surface area (TPSA) is 141 Å². The molecular weight excluding hydrogens is 388 g/mol. The molecule has 0 saturated heterocycles. The third-order valence-corrected chi connectivity index (χ3v) is 3.53. The van der Waals surface area contributed by atoms with Crippen LogP contribution in [0.25, 0.3) is 22.2 Å². The van der Waals surface area contributed by atoms with Gasteiger partial charge in [-0.25, -0.2) is 0 Å². The lowest BCUT2D eigenvalue weighted by Gasteiger charge is -1.89. The van der Waals surface area contributed by atoms with Gasteiger partial charge in [-0.2, -0.15) is 4.98 Å². The minimum Gasteiger partial charge on any atom is -0.422 e. The van der Waals surface area contributed by atoms with Gasteiger partial charge in [0.25, 0.3) is 10.2 Å². The molecule has 0 aliphatic rings. The van der Waals surface area contributed by atoms with Crippen molar-refractivity contribution in [1.82, 2.24) is 9.97 Å². The van der Waals surface area contributed by atoms with Gasteiger partial charge < -0.3 is 13.8 Å². The highest BCUT2D eigenvalue weighted by Gasteiger charge is 2.16. The van der Waals surface area contributed by atoms with Crippen molar-refractivity contribution in [2.45, 2.75) is 0 Å². The lowest BCUT2D eigenvalue weighted by molar-refractivity contribution is -0.383. The zero-order chi connectivity index (χ0) is 18.8. The maximum Gasteiger partial charge on any atom is 0.313 e. The predicted molar refractivity (Wildman–Crippen MR) is 93.7 cm³/mol. The number of hydrogen-bond acceptors (Lipinski definition) is 8. The number of oxazole rings is 2. The van der Waals surface area contributed by atoms with Crippen molar-refractivity contribution in [3.63, 3.8) is 0 Å². The second-order valence-corrected chi connectivity index (χ2v) is 5.47. The van der Waals surface area contributed by atoms with E-state index in [9.17, 15) is 20.2 Å². The summed E-state index contributed by atoms with van der Waals surface area (Å²) in [6, 6.07) is 9.07. The molecule has 0 bridgehead atoms. The first-order chi connectivity index (χ1) is 12.4. The molecule has 10 nitrogen and oxygen atoms in total. The predicted octanol–water partition coefficient (Wildman–Crippen LogP) is 4.79. The van der Waals surface area contributed by atoms with Crippen LogP contribution in [0.4, 0.5) is 11.4 Å². The molecule has 0 saturated carbocycles. The van der Waals surface area contributed by atoms with Gasteiger partial charge in [0.05, 0.1) is 15.4 Å². The van der Waals surface area contributed by atoms with Crippen molar-refractivity contribution in [1.29, 1.82) is 0 Å². The number of nitro groups is 2. The Bertz CT molecular complexity index is 1200. The second-order valence-electron chi connectivity index (χ2n) is 4.77. The zero-order valence-corrected chi connectivity index (χ0v) is 14.1. The number of halogens is 1. The van der Waals surface area contributed by atoms with E-state index in [2.05, 4.69) is 9.97 Å². The molecule has 2 heterocycles. The Balaban J connectivity index is 0.000000151. The second kappa shape index (κ2) is 6.90. The fourth-order valence-corrected chi connectivity index (χ4v) is 2.52. The van der Waals surface area contributed by atoms with E-state index in [1.54, 1.807) is 18.2 Å². The number of nitro benzene ring substituents is 2. The maximum absolute atomic E-state index is 10.5. The first kappa shape index (κ1) is 17.5. The summed E-state index contributed by atoms with van der Waals surface area (Å²) in [6.07, 6.45) is 0. The van der Waals surface area contributed by atoms with Gasteiger partial charge in [-0.3, -0.25) is 20.2 Å². The zero-order valence-electron chi connectivity index (χ0n) is 12.5. The average molecular weight is 395 g/mol. The fourth-order valence-electron chi connectivity index (χ4n) is 2.15. The van der Waals surface area contributed by atoms with Gasteiger partial charge in [0.1, 0.15) is 5.52 Å². The Morgan fingerprint density at radius 1 is 1.00 bits per heavy atom. The highest BCUT2D eigenvalue weighted by Crippen LogP contribution is 2.27. The lowest BCUT2D eigenvalue weighted by Crippen LogP contribution is -1.87. The van der Waals surface area contributed by atoms with Gasteiger partial charge in [-0.15, -0.1) is 0 Å². The molecule has 2 aromatic heterocycles. The summed E-state index contributed by atoms with van der Waals surface area (Å²) in [5, 5.41) is 20.9. The number of aromatic amines is 1. The Morgan fingerprint density at radius 3 is 2.27 bits per heavy atom. The molecule has 132 valence electrons. The number of fused-ring (bicyclic) bond motifs is 2. The number of rotatable bonds is 2. The number of para-hydroxylation sites is 2. The summed E-state index contributed by atoms with van der Waals surface area (Å²) in [7, 11) is 0. The molecule has 0 fully saturated rings. The van der Waals surface area contributed by atoms with Crippen LogP contribution in [0.15, 0.2) is 45.2 Å². The Hall–Kier alpha value is -3.31. The number of nitrogens with one attached hydrogen (secondary N) is 1. The standard InChI is InChI=1S/C7H3ClN2O3.C7H4N2O3S/c8-7-9-4-2-1-3-5(10(11)12)6(4)13-7;10-9(11)5-3-1-2-4-6(5)12-7(13)8-4/h1-3H;1-3H,(H,8,13). The summed E-state index contributed by atoms with van der Waals surface area (Å²) in [5.74, 6) is 0. The fraction of sp³-hybridized carbons (Fsp3) is 0. The first-order valence-corrected chi connectivity index (χ1v) is 7.61. The van der Waals surface area contributed by atoms with Gasteiger partial charge in [0.15, 0.2) is 0 Å². The molecule has 0 aliphatic carbocycles. The number of H-pyrrole nitrogens is 1. The van der Waals surface area contributed by atoms with Crippen molar-refractivity contribution in [3.05, 3.63) is 66.8 Å². The number of benzene rings is 2. The maximum atomic E-state index is 10.5. The molecular formula is C14H7ClN4O6S. The van der Waals surface area contributed by atoms with Crippen LogP contribution >= 0.6 is 23.8 Å². The molecule has 4 rings (SSSR count). The molecule has 0 aliphatic heterocycles. The highest BCUT2D eigenvalue weighted by atomic mass is 35.5. The van der Waals surface area contributed by atoms with E-state index in [1.165, 1.54) is 18.2 Å².